The summed E-state index contributed by atoms with van der Waals surface area (Å²) in [6.45, 7) is 1.97. The molecule has 0 aliphatic heterocycles. The molecular weight excluding hydrogens is 112 g/mol. The fourth-order valence-electron chi connectivity index (χ4n) is 0.702. The zero-order chi connectivity index (χ0) is 6.69. The topological polar surface area (TPSA) is 24.9 Å². The summed E-state index contributed by atoms with van der Waals surface area (Å²) >= 11 is 0. The fraction of sp³-hybridized carbons (Fsp3) is 0.286. The summed E-state index contributed by atoms with van der Waals surface area (Å²) < 4.78 is 0. The molecule has 2 heteroatoms. The molecule has 0 aliphatic rings. The zero-order valence-corrected chi connectivity index (χ0v) is 5.60. The van der Waals surface area contributed by atoms with Crippen molar-refractivity contribution in [3.8, 4) is 0 Å². The van der Waals surface area contributed by atoms with Crippen molar-refractivity contribution in [3.63, 3.8) is 0 Å². The average Bonchev–Trinajstić information content (AvgIpc) is 1.89. The first-order valence-electron chi connectivity index (χ1n) is 2.85. The molecule has 1 aromatic rings. The van der Waals surface area contributed by atoms with Crippen LogP contribution in [0.1, 0.15) is 5.56 Å². The van der Waals surface area contributed by atoms with E-state index < -0.39 is 0 Å². The number of aryl methyl sites for hydroxylation is 1. The highest BCUT2D eigenvalue weighted by Crippen LogP contribution is 2.08. The Bertz CT molecular complexity index is 196. The van der Waals surface area contributed by atoms with Crippen LogP contribution in [-0.2, 0) is 0 Å². The molecule has 0 saturated carbocycles. The van der Waals surface area contributed by atoms with Gasteiger partial charge in [0.15, 0.2) is 0 Å². The van der Waals surface area contributed by atoms with Crippen LogP contribution in [0.4, 0.5) is 5.69 Å². The van der Waals surface area contributed by atoms with Gasteiger partial charge in [-0.3, -0.25) is 4.98 Å². The molecule has 1 rings (SSSR count). The molecule has 0 aliphatic carbocycles. The van der Waals surface area contributed by atoms with Gasteiger partial charge >= 0.3 is 0 Å². The Kier molecular flexibility index (Phi) is 1.68. The summed E-state index contributed by atoms with van der Waals surface area (Å²) in [6.07, 6.45) is 4.56. The molecule has 1 aromatic heterocycles. The average molecular weight is 121 g/mol. The highest BCUT2D eigenvalue weighted by molar-refractivity contribution is 5.47. The smallest absolute Gasteiger partial charge is 0.0939 e. The van der Waals surface area contributed by atoms with Crippen molar-refractivity contribution in [2.24, 2.45) is 0 Å². The highest BCUT2D eigenvalue weighted by atomic mass is 14.8. The van der Waals surface area contributed by atoms with Gasteiger partial charge in [0, 0.05) is 24.5 Å². The number of aromatic nitrogens is 1. The number of rotatable bonds is 1. The number of hydrogen-bond acceptors (Lipinski definition) is 2. The van der Waals surface area contributed by atoms with E-state index in [-0.39, 0.29) is 0 Å². The normalized spacial score (nSPS) is 9.11. The minimum atomic E-state index is 1.06. The molecule has 0 spiro atoms. The Morgan fingerprint density at radius 2 is 2.44 bits per heavy atom. The Balaban J connectivity index is 3.01. The Morgan fingerprint density at radius 1 is 1.67 bits per heavy atom. The van der Waals surface area contributed by atoms with Crippen LogP contribution in [0.2, 0.25) is 0 Å². The van der Waals surface area contributed by atoms with Crippen molar-refractivity contribution in [2.75, 3.05) is 12.4 Å². The van der Waals surface area contributed by atoms with E-state index in [0.717, 1.165) is 11.3 Å². The molecule has 0 saturated heterocycles. The highest BCUT2D eigenvalue weighted by Gasteiger charge is 1.90. The van der Waals surface area contributed by atoms with Crippen LogP contribution in [0.5, 0.6) is 0 Å². The molecule has 9 heavy (non-hydrogen) atoms. The molecule has 0 amide bonds. The van der Waals surface area contributed by atoms with Gasteiger partial charge in [0.1, 0.15) is 0 Å². The summed E-state index contributed by atoms with van der Waals surface area (Å²) in [5.41, 5.74) is 2.14. The summed E-state index contributed by atoms with van der Waals surface area (Å²) in [6, 6.07) is 1.92. The van der Waals surface area contributed by atoms with E-state index in [1.807, 2.05) is 20.0 Å². The molecule has 0 aromatic carbocycles. The second kappa shape index (κ2) is 2.49. The predicted octanol–water partition coefficient (Wildman–Crippen LogP) is 1.23. The van der Waals surface area contributed by atoms with Gasteiger partial charge in [0.2, 0.25) is 0 Å². The number of nitrogens with zero attached hydrogens (tertiary/aromatic N) is 1. The van der Waals surface area contributed by atoms with Crippen LogP contribution in [-0.4, -0.2) is 12.0 Å². The predicted molar refractivity (Wildman–Crippen MR) is 37.4 cm³/mol. The number of pyridine rings is 1. The molecular formula is C7H9N2. The van der Waals surface area contributed by atoms with E-state index in [4.69, 9.17) is 0 Å². The lowest BCUT2D eigenvalue weighted by molar-refractivity contribution is 1.24. The third-order valence-electron chi connectivity index (χ3n) is 1.22. The van der Waals surface area contributed by atoms with E-state index >= 15 is 0 Å². The SMILES string of the molecule is CNc1ccn[c]c1C. The van der Waals surface area contributed by atoms with E-state index in [1.54, 1.807) is 6.20 Å². The number of anilines is 1. The van der Waals surface area contributed by atoms with Crippen LogP contribution in [0.3, 0.4) is 0 Å². The summed E-state index contributed by atoms with van der Waals surface area (Å²) in [7, 11) is 1.89. The van der Waals surface area contributed by atoms with Crippen molar-refractivity contribution < 1.29 is 0 Å². The molecule has 0 bridgehead atoms. The Morgan fingerprint density at radius 3 is 2.89 bits per heavy atom. The molecule has 47 valence electrons. The maximum Gasteiger partial charge on any atom is 0.0939 e. The molecule has 2 nitrogen and oxygen atoms in total. The van der Waals surface area contributed by atoms with E-state index in [1.165, 1.54) is 0 Å². The van der Waals surface area contributed by atoms with Crippen molar-refractivity contribution in [1.29, 1.82) is 0 Å². The maximum absolute atomic E-state index is 3.83. The molecule has 1 N–H and O–H groups in total. The Hall–Kier alpha value is -1.05. The lowest BCUT2D eigenvalue weighted by atomic mass is 10.3. The summed E-state index contributed by atoms with van der Waals surface area (Å²) in [5.74, 6) is 0. The van der Waals surface area contributed by atoms with Crippen molar-refractivity contribution in [3.05, 3.63) is 24.0 Å². The van der Waals surface area contributed by atoms with Gasteiger partial charge in [-0.15, -0.1) is 0 Å². The van der Waals surface area contributed by atoms with Crippen molar-refractivity contribution >= 4 is 5.69 Å². The molecule has 0 fully saturated rings. The van der Waals surface area contributed by atoms with Gasteiger partial charge in [0.05, 0.1) is 6.20 Å². The summed E-state index contributed by atoms with van der Waals surface area (Å²) in [4.78, 5) is 3.83. The summed E-state index contributed by atoms with van der Waals surface area (Å²) in [5, 5.41) is 3.02. The van der Waals surface area contributed by atoms with Crippen molar-refractivity contribution in [1.82, 2.24) is 4.98 Å². The van der Waals surface area contributed by atoms with Crippen LogP contribution < -0.4 is 5.32 Å². The monoisotopic (exact) mass is 121 g/mol. The fourth-order valence-corrected chi connectivity index (χ4v) is 0.702. The third-order valence-corrected chi connectivity index (χ3v) is 1.22. The molecule has 0 atom stereocenters. The third kappa shape index (κ3) is 1.19. The molecule has 1 radical (unpaired) electrons. The van der Waals surface area contributed by atoms with E-state index in [2.05, 4.69) is 16.5 Å². The second-order valence-electron chi connectivity index (χ2n) is 1.85. The van der Waals surface area contributed by atoms with Crippen LogP contribution in [0.15, 0.2) is 12.3 Å². The molecule has 1 heterocycles. The number of hydrogen-bond donors (Lipinski definition) is 1. The first kappa shape index (κ1) is 6.08. The van der Waals surface area contributed by atoms with E-state index in [9.17, 15) is 0 Å². The van der Waals surface area contributed by atoms with Gasteiger partial charge < -0.3 is 5.32 Å². The largest absolute Gasteiger partial charge is 0.388 e. The van der Waals surface area contributed by atoms with Crippen molar-refractivity contribution in [2.45, 2.75) is 6.92 Å². The van der Waals surface area contributed by atoms with Gasteiger partial charge in [-0.05, 0) is 13.0 Å². The van der Waals surface area contributed by atoms with Gasteiger partial charge in [-0.25, -0.2) is 0 Å². The lowest BCUT2D eigenvalue weighted by Gasteiger charge is -2.00. The molecule has 0 unspecified atom stereocenters. The zero-order valence-electron chi connectivity index (χ0n) is 5.60. The standard InChI is InChI=1S/C7H9N2/c1-6-5-9-4-3-7(6)8-2/h3-4H,1-2H3,(H,8,9). The first-order valence-corrected chi connectivity index (χ1v) is 2.85. The lowest BCUT2D eigenvalue weighted by Crippen LogP contribution is -1.91. The minimum absolute atomic E-state index is 1.06. The van der Waals surface area contributed by atoms with Crippen LogP contribution in [0, 0.1) is 13.1 Å². The maximum atomic E-state index is 3.83. The van der Waals surface area contributed by atoms with Gasteiger partial charge in [-0.2, -0.15) is 0 Å². The van der Waals surface area contributed by atoms with Crippen LogP contribution >= 0.6 is 0 Å². The Labute approximate surface area is 54.9 Å². The minimum Gasteiger partial charge on any atom is -0.388 e. The van der Waals surface area contributed by atoms with Gasteiger partial charge in [-0.1, -0.05) is 0 Å². The van der Waals surface area contributed by atoms with Crippen LogP contribution in [0.25, 0.3) is 0 Å². The second-order valence-corrected chi connectivity index (χ2v) is 1.85. The quantitative estimate of drug-likeness (QED) is 0.604. The van der Waals surface area contributed by atoms with Gasteiger partial charge in [0.25, 0.3) is 0 Å². The van der Waals surface area contributed by atoms with E-state index in [0.29, 0.717) is 0 Å². The number of nitrogens with one attached hydrogen (secondary N) is 1. The first-order chi connectivity index (χ1) is 4.34.